The lowest BCUT2D eigenvalue weighted by atomic mass is 10.2. The molecule has 0 fully saturated rings. The zero-order valence-corrected chi connectivity index (χ0v) is 13.2. The van der Waals surface area contributed by atoms with Crippen molar-refractivity contribution >= 4 is 22.6 Å². The Labute approximate surface area is 127 Å². The molecule has 0 saturated heterocycles. The van der Waals surface area contributed by atoms with E-state index in [1.807, 2.05) is 36.5 Å². The molecule has 0 saturated carbocycles. The molecule has 1 heterocycles. The molecule has 2 aromatic rings. The Morgan fingerprint density at radius 2 is 2.05 bits per heavy atom. The van der Waals surface area contributed by atoms with Gasteiger partial charge in [-0.15, -0.1) is 0 Å². The first-order valence-electron chi connectivity index (χ1n) is 6.25. The van der Waals surface area contributed by atoms with Crippen molar-refractivity contribution in [2.24, 2.45) is 0 Å². The van der Waals surface area contributed by atoms with Gasteiger partial charge in [0, 0.05) is 18.8 Å². The second-order valence-corrected chi connectivity index (χ2v) is 5.76. The minimum atomic E-state index is 0.458. The first-order chi connectivity index (χ1) is 9.15. The van der Waals surface area contributed by atoms with E-state index in [4.69, 9.17) is 4.74 Å². The molecule has 4 heteroatoms. The van der Waals surface area contributed by atoms with Gasteiger partial charge in [0.1, 0.15) is 11.5 Å². The average Bonchev–Trinajstić information content (AvgIpc) is 2.40. The van der Waals surface area contributed by atoms with E-state index in [9.17, 15) is 0 Å². The molecule has 3 nitrogen and oxygen atoms in total. The van der Waals surface area contributed by atoms with Crippen LogP contribution in [-0.4, -0.2) is 11.0 Å². The van der Waals surface area contributed by atoms with E-state index in [1.54, 1.807) is 6.20 Å². The molecule has 1 aromatic carbocycles. The zero-order valence-electron chi connectivity index (χ0n) is 11.1. The van der Waals surface area contributed by atoms with Crippen LogP contribution in [0, 0.1) is 3.57 Å². The molecular weight excluding hydrogens is 351 g/mol. The van der Waals surface area contributed by atoms with Gasteiger partial charge in [-0.2, -0.15) is 0 Å². The SMILES string of the molecule is CC(C)NCc1cncc(Oc2ccccc2I)c1. The summed E-state index contributed by atoms with van der Waals surface area (Å²) in [6.07, 6.45) is 3.60. The predicted octanol–water partition coefficient (Wildman–Crippen LogP) is 3.98. The van der Waals surface area contributed by atoms with Crippen LogP contribution >= 0.6 is 22.6 Å². The summed E-state index contributed by atoms with van der Waals surface area (Å²) in [4.78, 5) is 4.22. The van der Waals surface area contributed by atoms with Crippen LogP contribution in [0.2, 0.25) is 0 Å². The number of benzene rings is 1. The fraction of sp³-hybridized carbons (Fsp3) is 0.267. The standard InChI is InChI=1S/C15H17IN2O/c1-11(2)18-9-12-7-13(10-17-8-12)19-15-6-4-3-5-14(15)16/h3-8,10-11,18H,9H2,1-2H3. The van der Waals surface area contributed by atoms with Crippen LogP contribution in [0.25, 0.3) is 0 Å². The highest BCUT2D eigenvalue weighted by Crippen LogP contribution is 2.26. The maximum absolute atomic E-state index is 5.86. The first kappa shape index (κ1) is 14.3. The van der Waals surface area contributed by atoms with Crippen LogP contribution in [0.5, 0.6) is 11.5 Å². The number of nitrogens with zero attached hydrogens (tertiary/aromatic N) is 1. The third kappa shape index (κ3) is 4.47. The van der Waals surface area contributed by atoms with Gasteiger partial charge in [-0.25, -0.2) is 0 Å². The maximum Gasteiger partial charge on any atom is 0.146 e. The van der Waals surface area contributed by atoms with Crippen LogP contribution in [0.1, 0.15) is 19.4 Å². The third-order valence-electron chi connectivity index (χ3n) is 2.55. The van der Waals surface area contributed by atoms with E-state index in [0.717, 1.165) is 27.2 Å². The topological polar surface area (TPSA) is 34.2 Å². The number of hydrogen-bond acceptors (Lipinski definition) is 3. The molecule has 0 aliphatic rings. The second-order valence-electron chi connectivity index (χ2n) is 4.60. The number of para-hydroxylation sites is 1. The number of halogens is 1. The summed E-state index contributed by atoms with van der Waals surface area (Å²) in [5.41, 5.74) is 1.12. The average molecular weight is 368 g/mol. The lowest BCUT2D eigenvalue weighted by molar-refractivity contribution is 0.475. The minimum Gasteiger partial charge on any atom is -0.455 e. The van der Waals surface area contributed by atoms with E-state index in [-0.39, 0.29) is 0 Å². The molecule has 0 aliphatic carbocycles. The van der Waals surface area contributed by atoms with Crippen molar-refractivity contribution in [1.29, 1.82) is 0 Å². The largest absolute Gasteiger partial charge is 0.455 e. The van der Waals surface area contributed by atoms with Gasteiger partial charge < -0.3 is 10.1 Å². The van der Waals surface area contributed by atoms with Crippen LogP contribution in [-0.2, 0) is 6.54 Å². The number of nitrogens with one attached hydrogen (secondary N) is 1. The van der Waals surface area contributed by atoms with Crippen molar-refractivity contribution < 1.29 is 4.74 Å². The number of ether oxygens (including phenoxy) is 1. The number of aromatic nitrogens is 1. The van der Waals surface area contributed by atoms with Gasteiger partial charge >= 0.3 is 0 Å². The summed E-state index contributed by atoms with van der Waals surface area (Å²) < 4.78 is 6.95. The summed E-state index contributed by atoms with van der Waals surface area (Å²) in [5.74, 6) is 1.63. The van der Waals surface area contributed by atoms with Crippen molar-refractivity contribution in [3.63, 3.8) is 0 Å². The summed E-state index contributed by atoms with van der Waals surface area (Å²) in [6.45, 7) is 5.05. The molecule has 100 valence electrons. The summed E-state index contributed by atoms with van der Waals surface area (Å²) >= 11 is 2.26. The highest BCUT2D eigenvalue weighted by molar-refractivity contribution is 14.1. The van der Waals surface area contributed by atoms with Gasteiger partial charge in [-0.05, 0) is 46.4 Å². The van der Waals surface area contributed by atoms with Crippen molar-refractivity contribution in [2.45, 2.75) is 26.4 Å². The van der Waals surface area contributed by atoms with Crippen molar-refractivity contribution in [2.75, 3.05) is 0 Å². The van der Waals surface area contributed by atoms with Crippen LogP contribution in [0.3, 0.4) is 0 Å². The van der Waals surface area contributed by atoms with Gasteiger partial charge in [-0.1, -0.05) is 26.0 Å². The zero-order chi connectivity index (χ0) is 13.7. The van der Waals surface area contributed by atoms with E-state index in [0.29, 0.717) is 6.04 Å². The second kappa shape index (κ2) is 6.86. The quantitative estimate of drug-likeness (QED) is 0.811. The summed E-state index contributed by atoms with van der Waals surface area (Å²) in [6, 6.07) is 10.4. The van der Waals surface area contributed by atoms with Gasteiger partial charge in [0.25, 0.3) is 0 Å². The highest BCUT2D eigenvalue weighted by atomic mass is 127. The Kier molecular flexibility index (Phi) is 5.15. The Morgan fingerprint density at radius 1 is 1.26 bits per heavy atom. The van der Waals surface area contributed by atoms with Crippen molar-refractivity contribution in [3.05, 3.63) is 51.9 Å². The van der Waals surface area contributed by atoms with E-state index < -0.39 is 0 Å². The molecule has 0 unspecified atom stereocenters. The normalized spacial score (nSPS) is 10.7. The fourth-order valence-corrected chi connectivity index (χ4v) is 2.09. The number of rotatable bonds is 5. The van der Waals surface area contributed by atoms with Crippen molar-refractivity contribution in [1.82, 2.24) is 10.3 Å². The monoisotopic (exact) mass is 368 g/mol. The molecule has 2 rings (SSSR count). The van der Waals surface area contributed by atoms with E-state index in [2.05, 4.69) is 46.7 Å². The van der Waals surface area contributed by atoms with Crippen LogP contribution in [0.4, 0.5) is 0 Å². The molecule has 1 aromatic heterocycles. The highest BCUT2D eigenvalue weighted by Gasteiger charge is 2.03. The molecule has 1 N–H and O–H groups in total. The number of hydrogen-bond donors (Lipinski definition) is 1. The molecule has 19 heavy (non-hydrogen) atoms. The number of pyridine rings is 1. The van der Waals surface area contributed by atoms with Gasteiger partial charge in [0.05, 0.1) is 9.77 Å². The molecule has 0 aliphatic heterocycles. The lowest BCUT2D eigenvalue weighted by Crippen LogP contribution is -2.21. The Balaban J connectivity index is 2.09. The van der Waals surface area contributed by atoms with E-state index in [1.165, 1.54) is 0 Å². The summed E-state index contributed by atoms with van der Waals surface area (Å²) in [7, 11) is 0. The Hall–Kier alpha value is -1.14. The molecule has 0 radical (unpaired) electrons. The lowest BCUT2D eigenvalue weighted by Gasteiger charge is -2.10. The first-order valence-corrected chi connectivity index (χ1v) is 7.32. The molecule has 0 spiro atoms. The molecule has 0 amide bonds. The minimum absolute atomic E-state index is 0.458. The predicted molar refractivity (Wildman–Crippen MR) is 85.4 cm³/mol. The molecule has 0 atom stereocenters. The third-order valence-corrected chi connectivity index (χ3v) is 3.44. The van der Waals surface area contributed by atoms with E-state index >= 15 is 0 Å². The Bertz CT molecular complexity index is 543. The Morgan fingerprint density at radius 3 is 2.79 bits per heavy atom. The molecular formula is C15H17IN2O. The maximum atomic E-state index is 5.86. The summed E-state index contributed by atoms with van der Waals surface area (Å²) in [5, 5.41) is 3.37. The van der Waals surface area contributed by atoms with Gasteiger partial charge in [0.2, 0.25) is 0 Å². The van der Waals surface area contributed by atoms with Gasteiger partial charge in [-0.3, -0.25) is 4.98 Å². The van der Waals surface area contributed by atoms with Crippen molar-refractivity contribution in [3.8, 4) is 11.5 Å². The van der Waals surface area contributed by atoms with Gasteiger partial charge in [0.15, 0.2) is 0 Å². The fourth-order valence-electron chi connectivity index (χ4n) is 1.59. The molecule has 0 bridgehead atoms. The van der Waals surface area contributed by atoms with Crippen LogP contribution in [0.15, 0.2) is 42.7 Å². The smallest absolute Gasteiger partial charge is 0.146 e. The van der Waals surface area contributed by atoms with Crippen LogP contribution < -0.4 is 10.1 Å².